The highest BCUT2D eigenvalue weighted by Gasteiger charge is 2.54. The highest BCUT2D eigenvalue weighted by molar-refractivity contribution is 7.89. The van der Waals surface area contributed by atoms with Crippen LogP contribution in [0.1, 0.15) is 42.3 Å². The van der Waals surface area contributed by atoms with Crippen molar-refractivity contribution in [2.45, 2.75) is 36.6 Å². The van der Waals surface area contributed by atoms with Crippen LogP contribution in [-0.4, -0.2) is 42.4 Å². The lowest BCUT2D eigenvalue weighted by atomic mass is 9.73. The van der Waals surface area contributed by atoms with E-state index in [1.807, 2.05) is 0 Å². The number of nitro benzene ring substituents is 1. The van der Waals surface area contributed by atoms with Crippen molar-refractivity contribution in [1.82, 2.24) is 9.46 Å². The number of sulfonamides is 1. The molecule has 0 aliphatic heterocycles. The predicted octanol–water partition coefficient (Wildman–Crippen LogP) is 6.09. The van der Waals surface area contributed by atoms with Crippen molar-refractivity contribution < 1.29 is 27.4 Å². The molecule has 0 amide bonds. The number of esters is 1. The summed E-state index contributed by atoms with van der Waals surface area (Å²) in [6.45, 7) is 1.62. The number of ether oxygens (including phenoxy) is 1. The Morgan fingerprint density at radius 1 is 1.22 bits per heavy atom. The number of nitro groups is 1. The summed E-state index contributed by atoms with van der Waals surface area (Å²) < 4.78 is 39.3. The van der Waals surface area contributed by atoms with Gasteiger partial charge in [-0.1, -0.05) is 52.1 Å². The number of rotatable bonds is 8. The van der Waals surface area contributed by atoms with E-state index in [4.69, 9.17) is 44.1 Å². The normalized spacial score (nSPS) is 14.9. The summed E-state index contributed by atoms with van der Waals surface area (Å²) in [5.74, 6) is -0.891. The lowest BCUT2D eigenvalue weighted by molar-refractivity contribution is -0.387. The minimum Gasteiger partial charge on any atom is -0.462 e. The quantitative estimate of drug-likeness (QED) is 0.175. The second-order valence-electron chi connectivity index (χ2n) is 8.28. The Bertz CT molecular complexity index is 1480. The molecule has 0 N–H and O–H groups in total. The Morgan fingerprint density at radius 2 is 1.84 bits per heavy atom. The number of benzene rings is 2. The molecule has 3 aromatic rings. The van der Waals surface area contributed by atoms with Crippen LogP contribution in [0.3, 0.4) is 0 Å². The number of halogens is 3. The number of nitrogens with zero attached hydrogens (tertiary/aromatic N) is 3. The van der Waals surface area contributed by atoms with E-state index in [1.165, 1.54) is 31.3 Å². The van der Waals surface area contributed by atoms with Crippen molar-refractivity contribution in [3.8, 4) is 11.3 Å². The summed E-state index contributed by atoms with van der Waals surface area (Å²) in [5.41, 5.74) is -1.97. The third kappa shape index (κ3) is 4.59. The zero-order chi connectivity index (χ0) is 27.1. The van der Waals surface area contributed by atoms with Gasteiger partial charge in [-0.05, 0) is 44.4 Å². The molecule has 2 aromatic carbocycles. The van der Waals surface area contributed by atoms with E-state index in [0.29, 0.717) is 6.42 Å². The van der Waals surface area contributed by atoms with Crippen molar-refractivity contribution in [3.05, 3.63) is 72.9 Å². The molecule has 1 aromatic heterocycles. The minimum absolute atomic E-state index is 0.0162. The summed E-state index contributed by atoms with van der Waals surface area (Å²) >= 11 is 18.8. The van der Waals surface area contributed by atoms with Gasteiger partial charge < -0.3 is 9.26 Å². The maximum absolute atomic E-state index is 13.7. The van der Waals surface area contributed by atoms with Gasteiger partial charge in [0.15, 0.2) is 10.7 Å². The van der Waals surface area contributed by atoms with E-state index in [0.717, 1.165) is 16.4 Å². The highest BCUT2D eigenvalue weighted by Crippen LogP contribution is 2.52. The van der Waals surface area contributed by atoms with Gasteiger partial charge in [-0.2, -0.15) is 4.31 Å². The van der Waals surface area contributed by atoms with Gasteiger partial charge in [0.25, 0.3) is 15.7 Å². The molecule has 196 valence electrons. The zero-order valence-corrected chi connectivity index (χ0v) is 22.6. The first-order valence-electron chi connectivity index (χ1n) is 11.0. The molecule has 14 heteroatoms. The molecule has 1 saturated carbocycles. The van der Waals surface area contributed by atoms with E-state index >= 15 is 0 Å². The standard InChI is InChI=1S/C23H20Cl3N3O7S/c1-3-35-22(30)19-20(18-14(25)11-13(24)12-15(18)26)27-36-21(19)23(9-6-10-23)28(2)37(33,34)17-8-5-4-7-16(17)29(31)32/h4-5,7-8,11-12H,3,6,9-10H2,1-2H3. The number of aromatic nitrogens is 1. The second-order valence-corrected chi connectivity index (χ2v) is 11.5. The molecule has 1 aliphatic rings. The molecule has 0 atom stereocenters. The van der Waals surface area contributed by atoms with Gasteiger partial charge >= 0.3 is 5.97 Å². The van der Waals surface area contributed by atoms with Gasteiger partial charge in [0.1, 0.15) is 11.3 Å². The van der Waals surface area contributed by atoms with Crippen molar-refractivity contribution >= 4 is 56.5 Å². The first kappa shape index (κ1) is 27.3. The van der Waals surface area contributed by atoms with Crippen LogP contribution in [0.25, 0.3) is 11.3 Å². The van der Waals surface area contributed by atoms with Crippen LogP contribution >= 0.6 is 34.8 Å². The van der Waals surface area contributed by atoms with Gasteiger partial charge in [0.05, 0.1) is 27.1 Å². The molecule has 0 saturated heterocycles. The summed E-state index contributed by atoms with van der Waals surface area (Å²) in [6.07, 6.45) is 1.11. The van der Waals surface area contributed by atoms with Crippen molar-refractivity contribution in [2.75, 3.05) is 13.7 Å². The lowest BCUT2D eigenvalue weighted by Gasteiger charge is -2.45. The Kier molecular flexibility index (Phi) is 7.55. The molecular formula is C23H20Cl3N3O7S. The van der Waals surface area contributed by atoms with Gasteiger partial charge in [-0.25, -0.2) is 13.2 Å². The maximum atomic E-state index is 13.7. The largest absolute Gasteiger partial charge is 0.462 e. The van der Waals surface area contributed by atoms with E-state index < -0.39 is 37.0 Å². The van der Waals surface area contributed by atoms with Crippen LogP contribution in [0.5, 0.6) is 0 Å². The molecule has 0 bridgehead atoms. The van der Waals surface area contributed by atoms with Crippen LogP contribution < -0.4 is 0 Å². The van der Waals surface area contributed by atoms with Crippen molar-refractivity contribution in [2.24, 2.45) is 0 Å². The number of carbonyl (C=O) groups is 1. The van der Waals surface area contributed by atoms with Crippen LogP contribution in [0.15, 0.2) is 45.8 Å². The molecule has 1 heterocycles. The topological polar surface area (TPSA) is 133 Å². The molecule has 1 aliphatic carbocycles. The van der Waals surface area contributed by atoms with E-state index in [2.05, 4.69) is 5.16 Å². The SMILES string of the molecule is CCOC(=O)c1c(-c2c(Cl)cc(Cl)cc2Cl)noc1C1(N(C)S(=O)(=O)c2ccccc2[N+](=O)[O-])CCC1. The highest BCUT2D eigenvalue weighted by atomic mass is 35.5. The van der Waals surface area contributed by atoms with Crippen LogP contribution in [0, 0.1) is 10.1 Å². The van der Waals surface area contributed by atoms with Gasteiger partial charge in [-0.3, -0.25) is 10.1 Å². The predicted molar refractivity (Wildman–Crippen MR) is 136 cm³/mol. The monoisotopic (exact) mass is 587 g/mol. The third-order valence-electron chi connectivity index (χ3n) is 6.32. The fourth-order valence-electron chi connectivity index (χ4n) is 4.34. The Morgan fingerprint density at radius 3 is 2.38 bits per heavy atom. The smallest absolute Gasteiger partial charge is 0.344 e. The fourth-order valence-corrected chi connectivity index (χ4v) is 7.01. The number of hydrogen-bond acceptors (Lipinski definition) is 8. The van der Waals surface area contributed by atoms with Crippen molar-refractivity contribution in [1.29, 1.82) is 0 Å². The third-order valence-corrected chi connectivity index (χ3v) is 9.11. The molecule has 1 fully saturated rings. The maximum Gasteiger partial charge on any atom is 0.344 e. The van der Waals surface area contributed by atoms with Gasteiger partial charge in [0, 0.05) is 23.7 Å². The molecular weight excluding hydrogens is 569 g/mol. The number of carbonyl (C=O) groups excluding carboxylic acids is 1. The second kappa shape index (κ2) is 10.2. The molecule has 0 unspecified atom stereocenters. The number of para-hydroxylation sites is 1. The molecule has 0 spiro atoms. The van der Waals surface area contributed by atoms with Crippen molar-refractivity contribution in [3.63, 3.8) is 0 Å². The molecule has 37 heavy (non-hydrogen) atoms. The summed E-state index contributed by atoms with van der Waals surface area (Å²) in [7, 11) is -3.15. The van der Waals surface area contributed by atoms with E-state index in [9.17, 15) is 23.3 Å². The first-order valence-corrected chi connectivity index (χ1v) is 13.6. The molecule has 0 radical (unpaired) electrons. The molecule has 4 rings (SSSR count). The minimum atomic E-state index is -4.43. The van der Waals surface area contributed by atoms with Crippen LogP contribution in [0.2, 0.25) is 15.1 Å². The lowest BCUT2D eigenvalue weighted by Crippen LogP contribution is -2.52. The fraction of sp³-hybridized carbons (Fsp3) is 0.304. The molecule has 10 nitrogen and oxygen atoms in total. The number of hydrogen-bond donors (Lipinski definition) is 0. The zero-order valence-electron chi connectivity index (χ0n) is 19.5. The van der Waals surface area contributed by atoms with E-state index in [-0.39, 0.29) is 57.1 Å². The average molecular weight is 589 g/mol. The Balaban J connectivity index is 1.93. The summed E-state index contributed by atoms with van der Waals surface area (Å²) in [5, 5.41) is 16.0. The Hall–Kier alpha value is -2.70. The van der Waals surface area contributed by atoms with Crippen LogP contribution in [-0.2, 0) is 20.3 Å². The first-order chi connectivity index (χ1) is 17.5. The summed E-state index contributed by atoms with van der Waals surface area (Å²) in [4.78, 5) is 23.5. The average Bonchev–Trinajstić information content (AvgIpc) is 3.22. The van der Waals surface area contributed by atoms with Gasteiger partial charge in [0.2, 0.25) is 0 Å². The van der Waals surface area contributed by atoms with E-state index in [1.54, 1.807) is 6.92 Å². The van der Waals surface area contributed by atoms with Gasteiger partial charge in [-0.15, -0.1) is 0 Å². The Labute approximate surface area is 227 Å². The van der Waals surface area contributed by atoms with Crippen LogP contribution in [0.4, 0.5) is 5.69 Å². The summed E-state index contributed by atoms with van der Waals surface area (Å²) in [6, 6.07) is 7.85.